The van der Waals surface area contributed by atoms with E-state index in [1.807, 2.05) is 36.4 Å². The Kier molecular flexibility index (Phi) is 9.78. The Labute approximate surface area is 281 Å². The number of hydrogen-bond acceptors (Lipinski definition) is 12. The fourth-order valence-corrected chi connectivity index (χ4v) is 7.59. The van der Waals surface area contributed by atoms with E-state index in [-0.39, 0.29) is 6.61 Å². The molecule has 2 aliphatic heterocycles. The number of rotatable bonds is 7. The smallest absolute Gasteiger partial charge is 0.413 e. The molecule has 2 saturated heterocycles. The molecule has 16 heteroatoms. The van der Waals surface area contributed by atoms with Gasteiger partial charge in [0.1, 0.15) is 51.4 Å². The largest absolute Gasteiger partial charge is 0.444 e. The normalized spacial score (nSPS) is 25.0. The molecule has 0 spiro atoms. The summed E-state index contributed by atoms with van der Waals surface area (Å²) < 4.78 is 33.1. The van der Waals surface area contributed by atoms with E-state index >= 15 is 0 Å². The zero-order chi connectivity index (χ0) is 31.7. The SMILES string of the molecule is COC1C(n2cc(-c3csc(NC(=O)OC(C)(C)C)n3)nn2)[C@H]2OC(c3ccccc3)OCC2O[C@@H]1Sc1cc(Cl)cnc1Br. The van der Waals surface area contributed by atoms with Crippen LogP contribution < -0.4 is 5.32 Å². The van der Waals surface area contributed by atoms with Gasteiger partial charge in [-0.1, -0.05) is 58.9 Å². The Hall–Kier alpha value is -2.63. The number of carbonyl (C=O) groups excluding carboxylic acids is 1. The van der Waals surface area contributed by atoms with Crippen molar-refractivity contribution in [2.45, 2.75) is 67.3 Å². The first-order chi connectivity index (χ1) is 21.6. The lowest BCUT2D eigenvalue weighted by Crippen LogP contribution is -2.59. The third-order valence-corrected chi connectivity index (χ3v) is 9.90. The molecule has 0 aliphatic carbocycles. The topological polar surface area (TPSA) is 132 Å². The second kappa shape index (κ2) is 13.6. The second-order valence-corrected chi connectivity index (χ2v) is 14.4. The molecule has 6 atom stereocenters. The molecule has 2 fully saturated rings. The van der Waals surface area contributed by atoms with Crippen LogP contribution in [0.3, 0.4) is 0 Å². The van der Waals surface area contributed by atoms with Crippen LogP contribution in [-0.2, 0) is 23.7 Å². The minimum atomic E-state index is -0.631. The maximum Gasteiger partial charge on any atom is 0.413 e. The maximum atomic E-state index is 12.3. The van der Waals surface area contributed by atoms with Gasteiger partial charge < -0.3 is 23.7 Å². The molecule has 12 nitrogen and oxygen atoms in total. The standard InChI is InChI=1S/C29H30BrClN6O6S2/c1-29(2,3)43-28(38)34-27-33-18(14-44-27)17-12-37(36-35-17)21-22-19(13-40-25(42-22)15-8-6-5-7-9-15)41-26(23(21)39-4)45-20-10-16(31)11-32-24(20)30/h5-12,14,19,21-23,25-26H,13H2,1-4H3,(H,33,34,38)/t19?,21?,22-,23?,25?,26+/m0/s1. The van der Waals surface area contributed by atoms with Crippen molar-refractivity contribution >= 4 is 61.9 Å². The molecule has 6 rings (SSSR count). The average Bonchev–Trinajstić information content (AvgIpc) is 3.67. The Balaban J connectivity index is 1.30. The van der Waals surface area contributed by atoms with Gasteiger partial charge in [0.25, 0.3) is 0 Å². The minimum absolute atomic E-state index is 0.288. The number of methoxy groups -OCH3 is 1. The van der Waals surface area contributed by atoms with Crippen molar-refractivity contribution in [3.8, 4) is 11.4 Å². The number of pyridine rings is 1. The Morgan fingerprint density at radius 1 is 1.22 bits per heavy atom. The number of nitrogens with one attached hydrogen (secondary N) is 1. The Morgan fingerprint density at radius 3 is 2.78 bits per heavy atom. The summed E-state index contributed by atoms with van der Waals surface area (Å²) in [6.07, 6.45) is 0.696. The van der Waals surface area contributed by atoms with Crippen LogP contribution in [0.5, 0.6) is 0 Å². The highest BCUT2D eigenvalue weighted by atomic mass is 79.9. The number of thioether (sulfide) groups is 1. The molecule has 5 heterocycles. The first-order valence-electron chi connectivity index (χ1n) is 13.9. The van der Waals surface area contributed by atoms with E-state index in [0.29, 0.717) is 26.1 Å². The molecule has 238 valence electrons. The van der Waals surface area contributed by atoms with Gasteiger partial charge in [0.2, 0.25) is 0 Å². The molecule has 4 aromatic rings. The first-order valence-corrected chi connectivity index (χ1v) is 16.9. The molecule has 4 unspecified atom stereocenters. The van der Waals surface area contributed by atoms with Crippen LogP contribution in [0.2, 0.25) is 5.02 Å². The quantitative estimate of drug-likeness (QED) is 0.202. The van der Waals surface area contributed by atoms with Gasteiger partial charge in [0, 0.05) is 29.1 Å². The number of fused-ring (bicyclic) bond motifs is 1. The molecule has 3 aromatic heterocycles. The van der Waals surface area contributed by atoms with E-state index in [1.165, 1.54) is 23.1 Å². The number of anilines is 1. The molecule has 0 bridgehead atoms. The van der Waals surface area contributed by atoms with E-state index in [1.54, 1.807) is 50.3 Å². The van der Waals surface area contributed by atoms with Crippen LogP contribution in [-0.4, -0.2) is 74.1 Å². The number of thiazole rings is 1. The summed E-state index contributed by atoms with van der Waals surface area (Å²) in [5, 5.41) is 14.3. The van der Waals surface area contributed by atoms with Crippen molar-refractivity contribution in [3.05, 3.63) is 69.4 Å². The van der Waals surface area contributed by atoms with Crippen molar-refractivity contribution in [3.63, 3.8) is 0 Å². The predicted molar refractivity (Wildman–Crippen MR) is 172 cm³/mol. The van der Waals surface area contributed by atoms with E-state index < -0.39 is 47.8 Å². The van der Waals surface area contributed by atoms with Gasteiger partial charge in [-0.2, -0.15) is 0 Å². The van der Waals surface area contributed by atoms with Gasteiger partial charge in [0.15, 0.2) is 11.4 Å². The number of nitrogens with zero attached hydrogens (tertiary/aromatic N) is 5. The van der Waals surface area contributed by atoms with Crippen LogP contribution in [0, 0.1) is 0 Å². The summed E-state index contributed by atoms with van der Waals surface area (Å²) in [6, 6.07) is 11.1. The van der Waals surface area contributed by atoms with Crippen molar-refractivity contribution < 1.29 is 28.5 Å². The third-order valence-electron chi connectivity index (χ3n) is 6.86. The van der Waals surface area contributed by atoms with E-state index in [9.17, 15) is 4.79 Å². The highest BCUT2D eigenvalue weighted by Crippen LogP contribution is 2.45. The number of amides is 1. The molecule has 45 heavy (non-hydrogen) atoms. The van der Waals surface area contributed by atoms with Crippen molar-refractivity contribution in [2.24, 2.45) is 0 Å². The lowest BCUT2D eigenvalue weighted by Gasteiger charge is -2.48. The number of hydrogen-bond donors (Lipinski definition) is 1. The summed E-state index contributed by atoms with van der Waals surface area (Å²) >= 11 is 12.5. The molecular weight excluding hydrogens is 708 g/mol. The van der Waals surface area contributed by atoms with Crippen molar-refractivity contribution in [1.82, 2.24) is 25.0 Å². The van der Waals surface area contributed by atoms with Crippen LogP contribution in [0.4, 0.5) is 9.93 Å². The lowest BCUT2D eigenvalue weighted by atomic mass is 9.95. The minimum Gasteiger partial charge on any atom is -0.444 e. The van der Waals surface area contributed by atoms with E-state index in [2.05, 4.69) is 41.5 Å². The highest BCUT2D eigenvalue weighted by molar-refractivity contribution is 9.10. The van der Waals surface area contributed by atoms with Crippen LogP contribution in [0.25, 0.3) is 11.4 Å². The summed E-state index contributed by atoms with van der Waals surface area (Å²) in [5.41, 5.74) is 0.813. The summed E-state index contributed by atoms with van der Waals surface area (Å²) in [5.74, 6) is 0. The monoisotopic (exact) mass is 736 g/mol. The zero-order valence-electron chi connectivity index (χ0n) is 24.6. The fourth-order valence-electron chi connectivity index (χ4n) is 4.98. The second-order valence-electron chi connectivity index (χ2n) is 11.2. The van der Waals surface area contributed by atoms with Crippen LogP contribution in [0.15, 0.2) is 63.7 Å². The third kappa shape index (κ3) is 7.52. The summed E-state index contributed by atoms with van der Waals surface area (Å²) in [6.45, 7) is 5.68. The fraction of sp³-hybridized carbons (Fsp3) is 0.414. The molecule has 1 amide bonds. The summed E-state index contributed by atoms with van der Waals surface area (Å²) in [4.78, 5) is 21.9. The highest BCUT2D eigenvalue weighted by Gasteiger charge is 2.52. The molecule has 1 N–H and O–H groups in total. The summed E-state index contributed by atoms with van der Waals surface area (Å²) in [7, 11) is 1.63. The Morgan fingerprint density at radius 2 is 2.02 bits per heavy atom. The first kappa shape index (κ1) is 32.3. The van der Waals surface area contributed by atoms with Crippen LogP contribution >= 0.6 is 50.6 Å². The number of aromatic nitrogens is 5. The van der Waals surface area contributed by atoms with Gasteiger partial charge >= 0.3 is 6.09 Å². The number of carbonyl (C=O) groups is 1. The van der Waals surface area contributed by atoms with E-state index in [4.69, 9.17) is 35.3 Å². The number of halogens is 2. The lowest BCUT2D eigenvalue weighted by molar-refractivity contribution is -0.308. The molecular formula is C29H30BrClN6O6S2. The van der Waals surface area contributed by atoms with Gasteiger partial charge in [-0.25, -0.2) is 19.4 Å². The Bertz CT molecular complexity index is 1640. The molecule has 1 aromatic carbocycles. The molecule has 0 saturated carbocycles. The average molecular weight is 738 g/mol. The molecule has 2 aliphatic rings. The van der Waals surface area contributed by atoms with Gasteiger partial charge in [-0.05, 0) is 42.8 Å². The number of ether oxygens (including phenoxy) is 5. The maximum absolute atomic E-state index is 12.3. The predicted octanol–water partition coefficient (Wildman–Crippen LogP) is 6.75. The molecule has 0 radical (unpaired) electrons. The van der Waals surface area contributed by atoms with Crippen molar-refractivity contribution in [1.29, 1.82) is 0 Å². The van der Waals surface area contributed by atoms with Gasteiger partial charge in [-0.3, -0.25) is 5.32 Å². The van der Waals surface area contributed by atoms with Crippen LogP contribution in [0.1, 0.15) is 38.7 Å². The van der Waals surface area contributed by atoms with Gasteiger partial charge in [0.05, 0.1) is 17.8 Å². The van der Waals surface area contributed by atoms with Gasteiger partial charge in [-0.15, -0.1) is 16.4 Å². The van der Waals surface area contributed by atoms with Crippen molar-refractivity contribution in [2.75, 3.05) is 19.0 Å². The zero-order valence-corrected chi connectivity index (χ0v) is 28.6. The van der Waals surface area contributed by atoms with E-state index in [0.717, 1.165) is 10.5 Å². The number of benzene rings is 1.